The smallest absolute Gasteiger partial charge is 0.190 e. The molecule has 0 aliphatic heterocycles. The van der Waals surface area contributed by atoms with Crippen LogP contribution in [0.5, 0.6) is 0 Å². The molecule has 2 nitrogen and oxygen atoms in total. The summed E-state index contributed by atoms with van der Waals surface area (Å²) < 4.78 is 24.7. The molecule has 21 heavy (non-hydrogen) atoms. The maximum atomic E-state index is 12.6. The first-order valence-corrected chi connectivity index (χ1v) is 9.99. The summed E-state index contributed by atoms with van der Waals surface area (Å²) >= 11 is 1.39. The summed E-state index contributed by atoms with van der Waals surface area (Å²) in [5.74, 6) is 0. The van der Waals surface area contributed by atoms with Crippen molar-refractivity contribution >= 4 is 21.6 Å². The molecule has 1 aromatic carbocycles. The van der Waals surface area contributed by atoms with Crippen molar-refractivity contribution in [2.75, 3.05) is 6.26 Å². The second-order valence-electron chi connectivity index (χ2n) is 4.85. The zero-order valence-electron chi connectivity index (χ0n) is 13.0. The minimum absolute atomic E-state index is 0.409. The molecular formula is C17H24O2S2. The van der Waals surface area contributed by atoms with E-state index in [0.717, 1.165) is 18.4 Å². The van der Waals surface area contributed by atoms with Gasteiger partial charge in [0.1, 0.15) is 4.58 Å². The van der Waals surface area contributed by atoms with E-state index in [0.29, 0.717) is 11.3 Å². The van der Waals surface area contributed by atoms with Gasteiger partial charge in [-0.05, 0) is 44.6 Å². The lowest BCUT2D eigenvalue weighted by Gasteiger charge is -2.13. The summed E-state index contributed by atoms with van der Waals surface area (Å²) in [6, 6.07) is 7.08. The fraction of sp³-hybridized carbons (Fsp3) is 0.412. The normalized spacial score (nSPS) is 14.0. The van der Waals surface area contributed by atoms with Crippen molar-refractivity contribution in [2.24, 2.45) is 0 Å². The molecule has 0 N–H and O–H groups in total. The van der Waals surface area contributed by atoms with Gasteiger partial charge in [0.05, 0.1) is 4.90 Å². The van der Waals surface area contributed by atoms with Crippen molar-refractivity contribution in [3.05, 3.63) is 54.1 Å². The van der Waals surface area contributed by atoms with Gasteiger partial charge in [0.25, 0.3) is 0 Å². The van der Waals surface area contributed by atoms with Gasteiger partial charge < -0.3 is 0 Å². The third-order valence-electron chi connectivity index (χ3n) is 3.13. The number of hydrogen-bond acceptors (Lipinski definition) is 3. The largest absolute Gasteiger partial charge is 0.223 e. The molecule has 0 spiro atoms. The van der Waals surface area contributed by atoms with Gasteiger partial charge in [-0.2, -0.15) is 0 Å². The minimum Gasteiger partial charge on any atom is -0.223 e. The number of thioether (sulfide) groups is 1. The van der Waals surface area contributed by atoms with Crippen molar-refractivity contribution in [1.82, 2.24) is 0 Å². The fourth-order valence-corrected chi connectivity index (χ4v) is 4.71. The molecule has 0 radical (unpaired) electrons. The molecule has 1 unspecified atom stereocenters. The predicted octanol–water partition coefficient (Wildman–Crippen LogP) is 4.76. The Balaban J connectivity index is 2.74. The van der Waals surface area contributed by atoms with Crippen LogP contribution in [0.2, 0.25) is 0 Å². The Bertz CT molecular complexity index is 569. The molecular weight excluding hydrogens is 300 g/mol. The van der Waals surface area contributed by atoms with E-state index in [4.69, 9.17) is 0 Å². The van der Waals surface area contributed by atoms with Crippen LogP contribution in [0.15, 0.2) is 53.5 Å². The SMILES string of the molecule is CCC=CCC=CCC(SC)S(=O)(=O)c1ccc(C)cc1. The lowest BCUT2D eigenvalue weighted by Crippen LogP contribution is -2.17. The Labute approximate surface area is 133 Å². The third kappa shape index (κ3) is 5.71. The zero-order chi connectivity index (χ0) is 15.7. The summed E-state index contributed by atoms with van der Waals surface area (Å²) in [4.78, 5) is 0.409. The Morgan fingerprint density at radius 3 is 2.29 bits per heavy atom. The van der Waals surface area contributed by atoms with Crippen molar-refractivity contribution in [3.8, 4) is 0 Å². The molecule has 0 amide bonds. The molecule has 1 rings (SSSR count). The average Bonchev–Trinajstić information content (AvgIpc) is 2.46. The maximum absolute atomic E-state index is 12.6. The molecule has 0 fully saturated rings. The second kappa shape index (κ2) is 9.11. The second-order valence-corrected chi connectivity index (χ2v) is 8.32. The molecule has 0 saturated carbocycles. The first-order valence-electron chi connectivity index (χ1n) is 7.15. The minimum atomic E-state index is -3.27. The van der Waals surface area contributed by atoms with E-state index in [1.165, 1.54) is 11.8 Å². The average molecular weight is 325 g/mol. The van der Waals surface area contributed by atoms with Crippen molar-refractivity contribution < 1.29 is 8.42 Å². The molecule has 116 valence electrons. The highest BCUT2D eigenvalue weighted by atomic mass is 32.3. The number of allylic oxidation sites excluding steroid dienone is 4. The fourth-order valence-electron chi connectivity index (χ4n) is 1.87. The van der Waals surface area contributed by atoms with Crippen LogP contribution >= 0.6 is 11.8 Å². The number of aryl methyl sites for hydroxylation is 1. The topological polar surface area (TPSA) is 34.1 Å². The standard InChI is InChI=1S/C17H24O2S2/c1-4-5-6-7-8-9-10-17(20-3)21(18,19)16-13-11-15(2)12-14-16/h5-6,8-9,11-14,17H,4,7,10H2,1-3H3. The number of sulfone groups is 1. The van der Waals surface area contributed by atoms with Gasteiger partial charge in [-0.15, -0.1) is 11.8 Å². The van der Waals surface area contributed by atoms with Gasteiger partial charge >= 0.3 is 0 Å². The van der Waals surface area contributed by atoms with Crippen molar-refractivity contribution in [3.63, 3.8) is 0 Å². The monoisotopic (exact) mass is 324 g/mol. The molecule has 0 aromatic heterocycles. The Morgan fingerprint density at radius 1 is 1.10 bits per heavy atom. The summed E-state index contributed by atoms with van der Waals surface area (Å²) in [5, 5.41) is 0. The summed E-state index contributed by atoms with van der Waals surface area (Å²) in [7, 11) is -3.27. The molecule has 0 heterocycles. The van der Waals surface area contributed by atoms with Crippen LogP contribution in [0, 0.1) is 6.92 Å². The molecule has 1 aromatic rings. The zero-order valence-corrected chi connectivity index (χ0v) is 14.6. The van der Waals surface area contributed by atoms with Crippen LogP contribution in [0.4, 0.5) is 0 Å². The lowest BCUT2D eigenvalue weighted by molar-refractivity contribution is 0.593. The highest BCUT2D eigenvalue weighted by Crippen LogP contribution is 2.26. The van der Waals surface area contributed by atoms with Crippen LogP contribution in [0.25, 0.3) is 0 Å². The molecule has 0 aliphatic carbocycles. The Morgan fingerprint density at radius 2 is 1.71 bits per heavy atom. The van der Waals surface area contributed by atoms with Crippen molar-refractivity contribution in [2.45, 2.75) is 42.6 Å². The van der Waals surface area contributed by atoms with Crippen LogP contribution in [0.1, 0.15) is 31.7 Å². The van der Waals surface area contributed by atoms with Crippen LogP contribution < -0.4 is 0 Å². The first kappa shape index (κ1) is 18.1. The number of benzene rings is 1. The van der Waals surface area contributed by atoms with Gasteiger partial charge in [0.15, 0.2) is 9.84 Å². The van der Waals surface area contributed by atoms with E-state index < -0.39 is 14.4 Å². The van der Waals surface area contributed by atoms with E-state index in [-0.39, 0.29) is 0 Å². The molecule has 0 aliphatic rings. The maximum Gasteiger partial charge on any atom is 0.190 e. The van der Waals surface area contributed by atoms with E-state index in [9.17, 15) is 8.42 Å². The van der Waals surface area contributed by atoms with Crippen LogP contribution in [-0.4, -0.2) is 19.3 Å². The van der Waals surface area contributed by atoms with Gasteiger partial charge in [-0.25, -0.2) is 8.42 Å². The van der Waals surface area contributed by atoms with Crippen molar-refractivity contribution in [1.29, 1.82) is 0 Å². The highest BCUT2D eigenvalue weighted by Gasteiger charge is 2.25. The molecule has 4 heteroatoms. The van der Waals surface area contributed by atoms with Gasteiger partial charge in [0.2, 0.25) is 0 Å². The van der Waals surface area contributed by atoms with E-state index in [2.05, 4.69) is 19.1 Å². The van der Waals surface area contributed by atoms with E-state index in [1.54, 1.807) is 12.1 Å². The summed E-state index contributed by atoms with van der Waals surface area (Å²) in [5.41, 5.74) is 1.07. The molecule has 0 bridgehead atoms. The van der Waals surface area contributed by atoms with E-state index in [1.807, 2.05) is 37.5 Å². The third-order valence-corrected chi connectivity index (χ3v) is 7.00. The van der Waals surface area contributed by atoms with Crippen LogP contribution in [-0.2, 0) is 9.84 Å². The predicted molar refractivity (Wildman–Crippen MR) is 93.5 cm³/mol. The summed E-state index contributed by atoms with van der Waals surface area (Å²) in [6.07, 6.45) is 12.5. The molecule has 0 saturated heterocycles. The van der Waals surface area contributed by atoms with Gasteiger partial charge in [0, 0.05) is 0 Å². The van der Waals surface area contributed by atoms with Gasteiger partial charge in [-0.1, -0.05) is 48.9 Å². The van der Waals surface area contributed by atoms with E-state index >= 15 is 0 Å². The number of rotatable bonds is 8. The summed E-state index contributed by atoms with van der Waals surface area (Å²) in [6.45, 7) is 4.05. The van der Waals surface area contributed by atoms with Gasteiger partial charge in [-0.3, -0.25) is 0 Å². The Hall–Kier alpha value is -1.00. The Kier molecular flexibility index (Phi) is 7.83. The highest BCUT2D eigenvalue weighted by molar-refractivity contribution is 8.13. The quantitative estimate of drug-likeness (QED) is 0.647. The van der Waals surface area contributed by atoms with Crippen LogP contribution in [0.3, 0.4) is 0 Å². The number of hydrogen-bond donors (Lipinski definition) is 0. The lowest BCUT2D eigenvalue weighted by atomic mass is 10.2. The first-order chi connectivity index (χ1) is 10.0. The molecule has 1 atom stereocenters.